The lowest BCUT2D eigenvalue weighted by atomic mass is 9.92. The van der Waals surface area contributed by atoms with Crippen LogP contribution in [0.1, 0.15) is 53.4 Å². The molecule has 0 unspecified atom stereocenters. The molecule has 1 N–H and O–H groups in total. The van der Waals surface area contributed by atoms with Crippen LogP contribution in [-0.4, -0.2) is 48.8 Å². The quantitative estimate of drug-likeness (QED) is 0.848. The molecule has 3 heteroatoms. The third kappa shape index (κ3) is 5.05. The molecule has 2 heterocycles. The molecule has 0 aromatic heterocycles. The van der Waals surface area contributed by atoms with Gasteiger partial charge in [-0.2, -0.15) is 0 Å². The number of piperidine rings is 1. The molecular formula is C16H32N2O. The highest BCUT2D eigenvalue weighted by atomic mass is 16.5. The Hall–Kier alpha value is -0.120. The second-order valence-corrected chi connectivity index (χ2v) is 7.67. The third-order valence-electron chi connectivity index (χ3n) is 4.31. The molecule has 112 valence electrons. The van der Waals surface area contributed by atoms with Crippen LogP contribution in [0.2, 0.25) is 0 Å². The summed E-state index contributed by atoms with van der Waals surface area (Å²) in [5, 5.41) is 3.45. The molecule has 2 fully saturated rings. The van der Waals surface area contributed by atoms with Gasteiger partial charge in [-0.15, -0.1) is 0 Å². The summed E-state index contributed by atoms with van der Waals surface area (Å²) in [6.45, 7) is 14.7. The van der Waals surface area contributed by atoms with E-state index in [1.54, 1.807) is 0 Å². The average Bonchev–Trinajstić information content (AvgIpc) is 2.26. The first-order valence-electron chi connectivity index (χ1n) is 8.00. The molecule has 0 aromatic rings. The number of ether oxygens (including phenoxy) is 1. The minimum atomic E-state index is -0.00346. The summed E-state index contributed by atoms with van der Waals surface area (Å²) in [6, 6.07) is 0. The van der Waals surface area contributed by atoms with Crippen molar-refractivity contribution in [2.24, 2.45) is 5.92 Å². The van der Waals surface area contributed by atoms with Gasteiger partial charge in [-0.25, -0.2) is 0 Å². The van der Waals surface area contributed by atoms with Crippen LogP contribution in [0, 0.1) is 5.92 Å². The average molecular weight is 268 g/mol. The van der Waals surface area contributed by atoms with Crippen molar-refractivity contribution in [3.63, 3.8) is 0 Å². The smallest absolute Gasteiger partial charge is 0.0760 e. The Bertz CT molecular complexity index is 266. The second kappa shape index (κ2) is 6.11. The zero-order valence-corrected chi connectivity index (χ0v) is 13.3. The third-order valence-corrected chi connectivity index (χ3v) is 4.31. The van der Waals surface area contributed by atoms with E-state index in [-0.39, 0.29) is 11.2 Å². The van der Waals surface area contributed by atoms with Crippen LogP contribution >= 0.6 is 0 Å². The molecule has 2 saturated heterocycles. The lowest BCUT2D eigenvalue weighted by Crippen LogP contribution is -2.57. The fourth-order valence-corrected chi connectivity index (χ4v) is 3.88. The lowest BCUT2D eigenvalue weighted by molar-refractivity contribution is -0.180. The van der Waals surface area contributed by atoms with Gasteiger partial charge in [0.05, 0.1) is 11.2 Å². The van der Waals surface area contributed by atoms with Crippen molar-refractivity contribution in [1.82, 2.24) is 10.2 Å². The van der Waals surface area contributed by atoms with E-state index in [2.05, 4.69) is 37.9 Å². The Morgan fingerprint density at radius 3 is 2.21 bits per heavy atom. The van der Waals surface area contributed by atoms with E-state index in [1.807, 2.05) is 0 Å². The van der Waals surface area contributed by atoms with E-state index in [4.69, 9.17) is 4.74 Å². The first-order valence-corrected chi connectivity index (χ1v) is 8.00. The second-order valence-electron chi connectivity index (χ2n) is 7.67. The Labute approximate surface area is 119 Å². The highest BCUT2D eigenvalue weighted by Gasteiger charge is 2.37. The normalized spacial score (nSPS) is 28.4. The predicted molar refractivity (Wildman–Crippen MR) is 80.5 cm³/mol. The summed E-state index contributed by atoms with van der Waals surface area (Å²) in [5.74, 6) is 0.961. The van der Waals surface area contributed by atoms with Gasteiger partial charge in [-0.1, -0.05) is 0 Å². The minimum absolute atomic E-state index is 0.00346. The fourth-order valence-electron chi connectivity index (χ4n) is 3.88. The molecule has 0 aliphatic carbocycles. The van der Waals surface area contributed by atoms with Gasteiger partial charge >= 0.3 is 0 Å². The van der Waals surface area contributed by atoms with Crippen molar-refractivity contribution in [2.45, 2.75) is 64.6 Å². The van der Waals surface area contributed by atoms with E-state index in [1.165, 1.54) is 45.3 Å². The molecule has 0 bridgehead atoms. The summed E-state index contributed by atoms with van der Waals surface area (Å²) in [6.07, 6.45) is 5.50. The Morgan fingerprint density at radius 1 is 1.05 bits per heavy atom. The molecule has 0 saturated carbocycles. The number of rotatable bonds is 4. The number of hydrogen-bond donors (Lipinski definition) is 1. The minimum Gasteiger partial charge on any atom is -0.367 e. The van der Waals surface area contributed by atoms with Crippen LogP contribution in [0.3, 0.4) is 0 Å². The molecule has 2 aliphatic rings. The summed E-state index contributed by atoms with van der Waals surface area (Å²) >= 11 is 0. The standard InChI is InChI=1S/C16H32N2O/c1-15(2)12-18(13-16(3,4)19-15)11-5-6-14-7-9-17-10-8-14/h14,17H,5-13H2,1-4H3. The van der Waals surface area contributed by atoms with Crippen LogP contribution in [0.5, 0.6) is 0 Å². The Balaban J connectivity index is 1.72. The van der Waals surface area contributed by atoms with Crippen LogP contribution in [0.4, 0.5) is 0 Å². The first kappa shape index (κ1) is 15.3. The summed E-state index contributed by atoms with van der Waals surface area (Å²) < 4.78 is 6.14. The van der Waals surface area contributed by atoms with Gasteiger partial charge in [-0.3, -0.25) is 4.90 Å². The van der Waals surface area contributed by atoms with Gasteiger partial charge in [0.15, 0.2) is 0 Å². The highest BCUT2D eigenvalue weighted by molar-refractivity contribution is 4.89. The highest BCUT2D eigenvalue weighted by Crippen LogP contribution is 2.28. The molecule has 0 amide bonds. The molecule has 19 heavy (non-hydrogen) atoms. The van der Waals surface area contributed by atoms with Crippen molar-refractivity contribution in [1.29, 1.82) is 0 Å². The van der Waals surface area contributed by atoms with Gasteiger partial charge in [-0.05, 0) is 78.9 Å². The molecular weight excluding hydrogens is 236 g/mol. The number of nitrogens with zero attached hydrogens (tertiary/aromatic N) is 1. The van der Waals surface area contributed by atoms with Gasteiger partial charge in [0.25, 0.3) is 0 Å². The maximum Gasteiger partial charge on any atom is 0.0760 e. The first-order chi connectivity index (χ1) is 8.86. The summed E-state index contributed by atoms with van der Waals surface area (Å²) in [5.41, 5.74) is -0.00693. The van der Waals surface area contributed by atoms with Crippen LogP contribution < -0.4 is 5.32 Å². The zero-order chi connectivity index (χ0) is 13.9. The van der Waals surface area contributed by atoms with Crippen LogP contribution in [0.25, 0.3) is 0 Å². The van der Waals surface area contributed by atoms with E-state index >= 15 is 0 Å². The van der Waals surface area contributed by atoms with Gasteiger partial charge in [0, 0.05) is 13.1 Å². The van der Waals surface area contributed by atoms with Crippen molar-refractivity contribution < 1.29 is 4.74 Å². The topological polar surface area (TPSA) is 24.5 Å². The molecule has 0 atom stereocenters. The van der Waals surface area contributed by atoms with Crippen molar-refractivity contribution in [2.75, 3.05) is 32.7 Å². The molecule has 2 aliphatic heterocycles. The van der Waals surface area contributed by atoms with E-state index in [0.717, 1.165) is 19.0 Å². The number of nitrogens with one attached hydrogen (secondary N) is 1. The van der Waals surface area contributed by atoms with Crippen molar-refractivity contribution in [3.05, 3.63) is 0 Å². The van der Waals surface area contributed by atoms with Crippen LogP contribution in [0.15, 0.2) is 0 Å². The van der Waals surface area contributed by atoms with E-state index in [9.17, 15) is 0 Å². The zero-order valence-electron chi connectivity index (χ0n) is 13.3. The fraction of sp³-hybridized carbons (Fsp3) is 1.00. The molecule has 3 nitrogen and oxygen atoms in total. The van der Waals surface area contributed by atoms with Gasteiger partial charge in [0.2, 0.25) is 0 Å². The Morgan fingerprint density at radius 2 is 1.63 bits per heavy atom. The van der Waals surface area contributed by atoms with Crippen molar-refractivity contribution in [3.8, 4) is 0 Å². The predicted octanol–water partition coefficient (Wildman–Crippen LogP) is 2.66. The Kier molecular flexibility index (Phi) is 4.91. The number of morpholine rings is 1. The van der Waals surface area contributed by atoms with Gasteiger partial charge in [0.1, 0.15) is 0 Å². The van der Waals surface area contributed by atoms with E-state index < -0.39 is 0 Å². The molecule has 2 rings (SSSR count). The lowest BCUT2D eigenvalue weighted by Gasteiger charge is -2.47. The number of hydrogen-bond acceptors (Lipinski definition) is 3. The molecule has 0 spiro atoms. The monoisotopic (exact) mass is 268 g/mol. The SMILES string of the molecule is CC1(C)CN(CCCC2CCNCC2)CC(C)(C)O1. The van der Waals surface area contributed by atoms with Gasteiger partial charge < -0.3 is 10.1 Å². The maximum absolute atomic E-state index is 6.14. The molecule has 0 aromatic carbocycles. The van der Waals surface area contributed by atoms with E-state index in [0.29, 0.717) is 0 Å². The maximum atomic E-state index is 6.14. The van der Waals surface area contributed by atoms with Crippen molar-refractivity contribution >= 4 is 0 Å². The summed E-state index contributed by atoms with van der Waals surface area (Å²) in [4.78, 5) is 2.60. The molecule has 0 radical (unpaired) electrons. The van der Waals surface area contributed by atoms with Crippen LogP contribution in [-0.2, 0) is 4.74 Å². The summed E-state index contributed by atoms with van der Waals surface area (Å²) in [7, 11) is 0. The largest absolute Gasteiger partial charge is 0.367 e.